The van der Waals surface area contributed by atoms with E-state index in [4.69, 9.17) is 34.8 Å². The summed E-state index contributed by atoms with van der Waals surface area (Å²) in [6, 6.07) is 5.64. The van der Waals surface area contributed by atoms with E-state index in [2.05, 4.69) is 42.0 Å². The number of carbonyl (C=O) groups is 1. The second-order valence-electron chi connectivity index (χ2n) is 4.90. The number of anilines is 1. The Morgan fingerprint density at radius 3 is 2.17 bits per heavy atom. The highest BCUT2D eigenvalue weighted by Gasteiger charge is 2.31. The van der Waals surface area contributed by atoms with Crippen LogP contribution in [0.5, 0.6) is 0 Å². The van der Waals surface area contributed by atoms with Gasteiger partial charge in [-0.3, -0.25) is 4.79 Å². The van der Waals surface area contributed by atoms with Crippen LogP contribution in [0.1, 0.15) is 26.3 Å². The number of hydrogen-bond donors (Lipinski definition) is 1. The minimum Gasteiger partial charge on any atom is -0.321 e. The molecule has 0 saturated heterocycles. The normalized spacial score (nSPS) is 12.4. The summed E-state index contributed by atoms with van der Waals surface area (Å²) in [7, 11) is 0. The fraction of sp³-hybridized carbons (Fsp3) is 0.417. The fourth-order valence-electron chi connectivity index (χ4n) is 1.28. The first kappa shape index (κ1) is 16.1. The van der Waals surface area contributed by atoms with Crippen molar-refractivity contribution in [3.63, 3.8) is 0 Å². The maximum atomic E-state index is 11.5. The van der Waals surface area contributed by atoms with Crippen molar-refractivity contribution in [2.24, 2.45) is 0 Å². The maximum absolute atomic E-state index is 11.5. The van der Waals surface area contributed by atoms with Crippen LogP contribution >= 0.6 is 50.7 Å². The zero-order chi connectivity index (χ0) is 14.1. The first-order valence-electron chi connectivity index (χ1n) is 5.20. The van der Waals surface area contributed by atoms with E-state index in [-0.39, 0.29) is 5.41 Å². The Bertz CT molecular complexity index is 463. The van der Waals surface area contributed by atoms with Crippen LogP contribution in [-0.4, -0.2) is 9.70 Å². The smallest absolute Gasteiger partial charge is 0.276 e. The number of hydrogen-bond acceptors (Lipinski definition) is 1. The van der Waals surface area contributed by atoms with E-state index in [9.17, 15) is 4.79 Å². The number of amides is 1. The average molecular weight is 374 g/mol. The molecule has 0 atom stereocenters. The van der Waals surface area contributed by atoms with Crippen molar-refractivity contribution in [1.29, 1.82) is 0 Å². The summed E-state index contributed by atoms with van der Waals surface area (Å²) in [5, 5.41) is 2.55. The molecule has 0 aliphatic heterocycles. The van der Waals surface area contributed by atoms with Crippen molar-refractivity contribution in [3.05, 3.63) is 28.2 Å². The molecule has 0 bridgehead atoms. The molecule has 2 nitrogen and oxygen atoms in total. The van der Waals surface area contributed by atoms with Crippen molar-refractivity contribution in [2.45, 2.75) is 30.0 Å². The third-order valence-corrected chi connectivity index (χ3v) is 3.51. The van der Waals surface area contributed by atoms with Crippen LogP contribution in [0.25, 0.3) is 0 Å². The van der Waals surface area contributed by atoms with Gasteiger partial charge in [0.2, 0.25) is 0 Å². The second-order valence-corrected chi connectivity index (χ2v) is 8.03. The van der Waals surface area contributed by atoms with Gasteiger partial charge < -0.3 is 5.32 Å². The molecule has 1 N–H and O–H groups in total. The van der Waals surface area contributed by atoms with Gasteiger partial charge in [-0.25, -0.2) is 0 Å². The van der Waals surface area contributed by atoms with Gasteiger partial charge in [0, 0.05) is 4.47 Å². The van der Waals surface area contributed by atoms with Gasteiger partial charge in [0.15, 0.2) is 0 Å². The fourth-order valence-corrected chi connectivity index (χ4v) is 1.90. The molecular formula is C12H13BrCl3NO. The molecule has 0 heterocycles. The van der Waals surface area contributed by atoms with Crippen molar-refractivity contribution >= 4 is 62.3 Å². The highest BCUT2D eigenvalue weighted by Crippen LogP contribution is 2.32. The van der Waals surface area contributed by atoms with Gasteiger partial charge in [0.1, 0.15) is 0 Å². The molecule has 6 heteroatoms. The number of halogens is 4. The number of rotatable bonds is 1. The Labute approximate surface area is 130 Å². The molecule has 1 rings (SSSR count). The molecule has 0 spiro atoms. The third-order valence-electron chi connectivity index (χ3n) is 2.34. The van der Waals surface area contributed by atoms with Gasteiger partial charge in [-0.1, -0.05) is 61.6 Å². The minimum atomic E-state index is -1.97. The molecule has 1 aromatic rings. The predicted octanol–water partition coefficient (Wildman–Crippen LogP) is 5.06. The minimum absolute atomic E-state index is 0.0280. The van der Waals surface area contributed by atoms with Crippen LogP contribution in [0.15, 0.2) is 22.7 Å². The standard InChI is InChI=1S/C12H13BrCl3NO/c1-11(2,3)7-4-5-9(8(13)6-7)17-10(18)12(14,15)16/h4-6H,1-3H3,(H,17,18). The quantitative estimate of drug-likeness (QED) is 0.685. The molecule has 0 aromatic heterocycles. The van der Waals surface area contributed by atoms with Crippen molar-refractivity contribution in [3.8, 4) is 0 Å². The Morgan fingerprint density at radius 1 is 1.22 bits per heavy atom. The summed E-state index contributed by atoms with van der Waals surface area (Å²) in [6.07, 6.45) is 0. The molecular weight excluding hydrogens is 360 g/mol. The zero-order valence-corrected chi connectivity index (χ0v) is 14.0. The third kappa shape index (κ3) is 4.30. The van der Waals surface area contributed by atoms with E-state index in [0.717, 1.165) is 10.0 Å². The molecule has 0 unspecified atom stereocenters. The van der Waals surface area contributed by atoms with Crippen LogP contribution in [0.2, 0.25) is 0 Å². The van der Waals surface area contributed by atoms with Gasteiger partial charge in [-0.15, -0.1) is 0 Å². The lowest BCUT2D eigenvalue weighted by Gasteiger charge is -2.20. The van der Waals surface area contributed by atoms with Crippen molar-refractivity contribution < 1.29 is 4.79 Å². The lowest BCUT2D eigenvalue weighted by molar-refractivity contribution is -0.115. The lowest BCUT2D eigenvalue weighted by atomic mass is 9.87. The van der Waals surface area contributed by atoms with Crippen LogP contribution in [0.3, 0.4) is 0 Å². The van der Waals surface area contributed by atoms with Crippen LogP contribution in [-0.2, 0) is 10.2 Å². The number of nitrogens with one attached hydrogen (secondary N) is 1. The Morgan fingerprint density at radius 2 is 1.78 bits per heavy atom. The largest absolute Gasteiger partial charge is 0.321 e. The summed E-state index contributed by atoms with van der Waals surface area (Å²) in [5.41, 5.74) is 1.74. The molecule has 0 fully saturated rings. The highest BCUT2D eigenvalue weighted by molar-refractivity contribution is 9.10. The molecule has 0 aliphatic rings. The summed E-state index contributed by atoms with van der Waals surface area (Å²) in [4.78, 5) is 11.5. The summed E-state index contributed by atoms with van der Waals surface area (Å²) in [5.74, 6) is -0.684. The highest BCUT2D eigenvalue weighted by atomic mass is 79.9. The first-order chi connectivity index (χ1) is 8.01. The van der Waals surface area contributed by atoms with Crippen LogP contribution in [0, 0.1) is 0 Å². The topological polar surface area (TPSA) is 29.1 Å². The van der Waals surface area contributed by atoms with Gasteiger partial charge in [0.05, 0.1) is 5.69 Å². The molecule has 0 radical (unpaired) electrons. The van der Waals surface area contributed by atoms with Gasteiger partial charge in [0.25, 0.3) is 9.70 Å². The van der Waals surface area contributed by atoms with Crippen LogP contribution in [0.4, 0.5) is 5.69 Å². The Hall–Kier alpha value is 0.0400. The van der Waals surface area contributed by atoms with E-state index in [1.165, 1.54) is 0 Å². The predicted molar refractivity (Wildman–Crippen MR) is 81.8 cm³/mol. The summed E-state index contributed by atoms with van der Waals surface area (Å²) < 4.78 is -1.22. The van der Waals surface area contributed by atoms with Crippen molar-refractivity contribution in [1.82, 2.24) is 0 Å². The van der Waals surface area contributed by atoms with E-state index in [1.54, 1.807) is 6.07 Å². The zero-order valence-electron chi connectivity index (χ0n) is 10.2. The number of carbonyl (C=O) groups excluding carboxylic acids is 1. The molecule has 18 heavy (non-hydrogen) atoms. The van der Waals surface area contributed by atoms with Gasteiger partial charge in [-0.2, -0.15) is 0 Å². The van der Waals surface area contributed by atoms with E-state index in [0.29, 0.717) is 5.69 Å². The van der Waals surface area contributed by atoms with Gasteiger partial charge in [-0.05, 0) is 39.0 Å². The average Bonchev–Trinajstić information content (AvgIpc) is 2.17. The summed E-state index contributed by atoms with van der Waals surface area (Å²) in [6.45, 7) is 6.32. The van der Waals surface area contributed by atoms with Crippen LogP contribution < -0.4 is 5.32 Å². The Kier molecular flexibility index (Phi) is 4.99. The lowest BCUT2D eigenvalue weighted by Crippen LogP contribution is -2.27. The van der Waals surface area contributed by atoms with E-state index in [1.807, 2.05) is 12.1 Å². The number of benzene rings is 1. The van der Waals surface area contributed by atoms with E-state index >= 15 is 0 Å². The van der Waals surface area contributed by atoms with Gasteiger partial charge >= 0.3 is 0 Å². The number of alkyl halides is 3. The van der Waals surface area contributed by atoms with E-state index < -0.39 is 9.70 Å². The first-order valence-corrected chi connectivity index (χ1v) is 7.12. The molecule has 1 amide bonds. The Balaban J connectivity index is 2.98. The maximum Gasteiger partial charge on any atom is 0.276 e. The molecule has 0 aliphatic carbocycles. The molecule has 0 saturated carbocycles. The SMILES string of the molecule is CC(C)(C)c1ccc(NC(=O)C(Cl)(Cl)Cl)c(Br)c1. The monoisotopic (exact) mass is 371 g/mol. The summed E-state index contributed by atoms with van der Waals surface area (Å²) >= 11 is 19.9. The van der Waals surface area contributed by atoms with Crippen molar-refractivity contribution in [2.75, 3.05) is 5.32 Å². The molecule has 100 valence electrons. The molecule has 1 aromatic carbocycles. The second kappa shape index (κ2) is 5.58.